The zero-order chi connectivity index (χ0) is 23.2. The Morgan fingerprint density at radius 2 is 1.52 bits per heavy atom. The Morgan fingerprint density at radius 3 is 2.12 bits per heavy atom. The first-order chi connectivity index (χ1) is 16.0. The van der Waals surface area contributed by atoms with Crippen LogP contribution in [0.25, 0.3) is 0 Å². The summed E-state index contributed by atoms with van der Waals surface area (Å²) in [4.78, 5) is 27.8. The average molecular weight is 463 g/mol. The summed E-state index contributed by atoms with van der Waals surface area (Å²) in [5.74, 6) is 0.627. The fourth-order valence-electron chi connectivity index (χ4n) is 4.18. The molecule has 4 rings (SSSR count). The van der Waals surface area contributed by atoms with Gasteiger partial charge in [0.25, 0.3) is 5.91 Å². The van der Waals surface area contributed by atoms with E-state index in [1.54, 1.807) is 31.4 Å². The highest BCUT2D eigenvalue weighted by atomic mass is 35.5. The molecule has 0 aliphatic carbocycles. The molecule has 0 saturated carbocycles. The minimum absolute atomic E-state index is 0.0123. The molecule has 1 fully saturated rings. The highest BCUT2D eigenvalue weighted by Gasteiger charge is 2.29. The number of halogens is 1. The first-order valence-electron chi connectivity index (χ1n) is 11.1. The van der Waals surface area contributed by atoms with Crippen molar-refractivity contribution in [3.63, 3.8) is 0 Å². The summed E-state index contributed by atoms with van der Waals surface area (Å²) in [5, 5.41) is 3.84. The lowest BCUT2D eigenvalue weighted by Gasteiger charge is -2.32. The number of nitrogens with zero attached hydrogens (tertiary/aromatic N) is 1. The van der Waals surface area contributed by atoms with Crippen molar-refractivity contribution in [1.82, 2.24) is 10.2 Å². The van der Waals surface area contributed by atoms with Crippen molar-refractivity contribution in [3.05, 3.63) is 101 Å². The molecule has 0 radical (unpaired) electrons. The van der Waals surface area contributed by atoms with Crippen molar-refractivity contribution in [2.24, 2.45) is 5.92 Å². The maximum absolute atomic E-state index is 13.2. The quantitative estimate of drug-likeness (QED) is 0.554. The fourth-order valence-corrected chi connectivity index (χ4v) is 4.31. The van der Waals surface area contributed by atoms with Crippen LogP contribution >= 0.6 is 11.6 Å². The molecule has 33 heavy (non-hydrogen) atoms. The lowest BCUT2D eigenvalue weighted by molar-refractivity contribution is -0.126. The van der Waals surface area contributed by atoms with Crippen LogP contribution in [0.3, 0.4) is 0 Å². The molecule has 1 saturated heterocycles. The molecule has 1 aliphatic heterocycles. The van der Waals surface area contributed by atoms with Crippen LogP contribution in [-0.2, 0) is 4.79 Å². The number of hydrogen-bond acceptors (Lipinski definition) is 3. The molecule has 1 unspecified atom stereocenters. The van der Waals surface area contributed by atoms with Gasteiger partial charge in [-0.15, -0.1) is 0 Å². The summed E-state index contributed by atoms with van der Waals surface area (Å²) >= 11 is 5.93. The van der Waals surface area contributed by atoms with Gasteiger partial charge >= 0.3 is 0 Å². The van der Waals surface area contributed by atoms with Crippen molar-refractivity contribution < 1.29 is 14.3 Å². The SMILES string of the molecule is COc1ccc(C(NC(=O)C2CCN(C(=O)c3ccc(Cl)cc3)CC2)c2ccccc2)cc1. The van der Waals surface area contributed by atoms with Gasteiger partial charge in [0.15, 0.2) is 0 Å². The lowest BCUT2D eigenvalue weighted by Crippen LogP contribution is -2.43. The molecule has 0 spiro atoms. The summed E-state index contributed by atoms with van der Waals surface area (Å²) in [5.41, 5.74) is 2.63. The molecule has 170 valence electrons. The number of methoxy groups -OCH3 is 1. The van der Waals surface area contributed by atoms with Gasteiger partial charge in [-0.25, -0.2) is 0 Å². The van der Waals surface area contributed by atoms with Gasteiger partial charge in [-0.2, -0.15) is 0 Å². The summed E-state index contributed by atoms with van der Waals surface area (Å²) in [6.07, 6.45) is 1.27. The molecule has 6 heteroatoms. The Hall–Kier alpha value is -3.31. The first-order valence-corrected chi connectivity index (χ1v) is 11.5. The van der Waals surface area contributed by atoms with Crippen molar-refractivity contribution in [2.75, 3.05) is 20.2 Å². The van der Waals surface area contributed by atoms with E-state index in [0.29, 0.717) is 36.5 Å². The number of carbonyl (C=O) groups is 2. The molecule has 3 aromatic carbocycles. The van der Waals surface area contributed by atoms with Crippen molar-refractivity contribution in [1.29, 1.82) is 0 Å². The van der Waals surface area contributed by atoms with E-state index >= 15 is 0 Å². The molecule has 3 aromatic rings. The van der Waals surface area contributed by atoms with Gasteiger partial charge in [0.2, 0.25) is 5.91 Å². The van der Waals surface area contributed by atoms with Crippen LogP contribution in [0.5, 0.6) is 5.75 Å². The number of nitrogens with one attached hydrogen (secondary N) is 1. The molecule has 1 aliphatic rings. The number of carbonyl (C=O) groups excluding carboxylic acids is 2. The van der Waals surface area contributed by atoms with Crippen LogP contribution < -0.4 is 10.1 Å². The van der Waals surface area contributed by atoms with Gasteiger partial charge in [0.05, 0.1) is 13.2 Å². The summed E-state index contributed by atoms with van der Waals surface area (Å²) in [6.45, 7) is 1.11. The monoisotopic (exact) mass is 462 g/mol. The molecular weight excluding hydrogens is 436 g/mol. The third-order valence-corrected chi connectivity index (χ3v) is 6.36. The number of ether oxygens (including phenoxy) is 1. The predicted molar refractivity (Wildman–Crippen MR) is 130 cm³/mol. The zero-order valence-corrected chi connectivity index (χ0v) is 19.3. The molecule has 0 bridgehead atoms. The Bertz CT molecular complexity index is 1080. The van der Waals surface area contributed by atoms with E-state index in [1.807, 2.05) is 59.5 Å². The maximum atomic E-state index is 13.2. The summed E-state index contributed by atoms with van der Waals surface area (Å²) in [6, 6.07) is 24.4. The van der Waals surface area contributed by atoms with Gasteiger partial charge in [-0.1, -0.05) is 54.1 Å². The molecule has 0 aromatic heterocycles. The largest absolute Gasteiger partial charge is 0.497 e. The van der Waals surface area contributed by atoms with Crippen molar-refractivity contribution >= 4 is 23.4 Å². The second-order valence-corrected chi connectivity index (χ2v) is 8.64. The van der Waals surface area contributed by atoms with E-state index < -0.39 is 0 Å². The minimum Gasteiger partial charge on any atom is -0.497 e. The van der Waals surface area contributed by atoms with Crippen molar-refractivity contribution in [2.45, 2.75) is 18.9 Å². The van der Waals surface area contributed by atoms with E-state index in [-0.39, 0.29) is 23.8 Å². The Kier molecular flexibility index (Phi) is 7.30. The fraction of sp³-hybridized carbons (Fsp3) is 0.259. The number of likely N-dealkylation sites (tertiary alicyclic amines) is 1. The Balaban J connectivity index is 1.42. The van der Waals surface area contributed by atoms with E-state index in [9.17, 15) is 9.59 Å². The van der Waals surface area contributed by atoms with Gasteiger partial charge in [-0.05, 0) is 60.4 Å². The number of benzene rings is 3. The lowest BCUT2D eigenvalue weighted by atomic mass is 9.93. The van der Waals surface area contributed by atoms with Gasteiger partial charge < -0.3 is 15.0 Å². The van der Waals surface area contributed by atoms with Gasteiger partial charge in [-0.3, -0.25) is 9.59 Å². The topological polar surface area (TPSA) is 58.6 Å². The van der Waals surface area contributed by atoms with Crippen LogP contribution in [0.4, 0.5) is 0 Å². The summed E-state index contributed by atoms with van der Waals surface area (Å²) in [7, 11) is 1.63. The molecule has 1 heterocycles. The predicted octanol–water partition coefficient (Wildman–Crippen LogP) is 5.11. The van der Waals surface area contributed by atoms with Crippen molar-refractivity contribution in [3.8, 4) is 5.75 Å². The average Bonchev–Trinajstić information content (AvgIpc) is 2.88. The highest BCUT2D eigenvalue weighted by Crippen LogP contribution is 2.26. The first kappa shape index (κ1) is 22.9. The number of piperidine rings is 1. The van der Waals surface area contributed by atoms with E-state index in [0.717, 1.165) is 16.9 Å². The number of rotatable bonds is 6. The number of amides is 2. The molecule has 1 atom stereocenters. The third-order valence-electron chi connectivity index (χ3n) is 6.11. The normalized spacial score (nSPS) is 15.0. The smallest absolute Gasteiger partial charge is 0.253 e. The summed E-state index contributed by atoms with van der Waals surface area (Å²) < 4.78 is 5.27. The zero-order valence-electron chi connectivity index (χ0n) is 18.5. The molecule has 1 N–H and O–H groups in total. The second kappa shape index (κ2) is 10.5. The van der Waals surface area contributed by atoms with Crippen LogP contribution in [-0.4, -0.2) is 36.9 Å². The Morgan fingerprint density at radius 1 is 0.909 bits per heavy atom. The highest BCUT2D eigenvalue weighted by molar-refractivity contribution is 6.30. The molecule has 2 amide bonds. The van der Waals surface area contributed by atoms with Crippen LogP contribution in [0, 0.1) is 5.92 Å². The maximum Gasteiger partial charge on any atom is 0.253 e. The van der Waals surface area contributed by atoms with Crippen LogP contribution in [0.2, 0.25) is 5.02 Å². The second-order valence-electron chi connectivity index (χ2n) is 8.20. The third kappa shape index (κ3) is 5.55. The minimum atomic E-state index is -0.252. The van der Waals surface area contributed by atoms with Gasteiger partial charge in [0, 0.05) is 29.6 Å². The van der Waals surface area contributed by atoms with Gasteiger partial charge in [0.1, 0.15) is 5.75 Å². The number of hydrogen-bond donors (Lipinski definition) is 1. The van der Waals surface area contributed by atoms with Crippen LogP contribution in [0.15, 0.2) is 78.9 Å². The van der Waals surface area contributed by atoms with E-state index in [1.165, 1.54) is 0 Å². The molecule has 5 nitrogen and oxygen atoms in total. The molecular formula is C27H27ClN2O3. The van der Waals surface area contributed by atoms with Crippen LogP contribution in [0.1, 0.15) is 40.4 Å². The Labute approximate surface area is 199 Å². The van der Waals surface area contributed by atoms with E-state index in [2.05, 4.69) is 5.32 Å². The van der Waals surface area contributed by atoms with E-state index in [4.69, 9.17) is 16.3 Å². The standard InChI is InChI=1S/C27H27ClN2O3/c1-33-24-13-9-20(10-14-24)25(19-5-3-2-4-6-19)29-26(31)21-15-17-30(18-16-21)27(32)22-7-11-23(28)12-8-22/h2-14,21,25H,15-18H2,1H3,(H,29,31).